The zero-order chi connectivity index (χ0) is 15.5. The van der Waals surface area contributed by atoms with Gasteiger partial charge in [-0.05, 0) is 30.8 Å². The molecular weight excluding hydrogens is 291 g/mol. The molecule has 3 N–H and O–H groups in total. The van der Waals surface area contributed by atoms with Crippen molar-refractivity contribution < 1.29 is 14.2 Å². The van der Waals surface area contributed by atoms with Gasteiger partial charge >= 0.3 is 0 Å². The van der Waals surface area contributed by atoms with E-state index < -0.39 is 5.60 Å². The number of thiocarbonyl (C=S) groups is 1. The molecule has 4 nitrogen and oxygen atoms in total. The summed E-state index contributed by atoms with van der Waals surface area (Å²) >= 11 is 4.89. The summed E-state index contributed by atoms with van der Waals surface area (Å²) in [6.45, 7) is 2.21. The number of nitrogens with zero attached hydrogens (tertiary/aromatic N) is 1. The fourth-order valence-corrected chi connectivity index (χ4v) is 2.78. The standard InChI is InChI=1S/C15H21FN2O2S/c1-18(10-15(19)2-4-20-5-3-15)9-11-6-12(14(17)21)8-13(16)7-11/h6-8,19H,2-5,9-10H2,1H3,(H2,17,21). The van der Waals surface area contributed by atoms with Crippen LogP contribution >= 0.6 is 12.2 Å². The van der Waals surface area contributed by atoms with Gasteiger partial charge < -0.3 is 15.6 Å². The maximum absolute atomic E-state index is 13.6. The third kappa shape index (κ3) is 4.71. The highest BCUT2D eigenvalue weighted by Crippen LogP contribution is 2.22. The molecule has 1 heterocycles. The lowest BCUT2D eigenvalue weighted by Gasteiger charge is -2.35. The van der Waals surface area contributed by atoms with Gasteiger partial charge in [0.05, 0.1) is 5.60 Å². The number of ether oxygens (including phenoxy) is 1. The van der Waals surface area contributed by atoms with E-state index in [0.717, 1.165) is 5.56 Å². The molecule has 1 aromatic rings. The largest absolute Gasteiger partial charge is 0.389 e. The van der Waals surface area contributed by atoms with E-state index in [9.17, 15) is 9.50 Å². The Hall–Kier alpha value is -1.08. The van der Waals surface area contributed by atoms with E-state index in [2.05, 4.69) is 0 Å². The second kappa shape index (κ2) is 6.79. The van der Waals surface area contributed by atoms with Crippen molar-refractivity contribution in [3.05, 3.63) is 35.1 Å². The number of aliphatic hydroxyl groups is 1. The molecular formula is C15H21FN2O2S. The Bertz CT molecular complexity index is 518. The van der Waals surface area contributed by atoms with Crippen LogP contribution in [-0.4, -0.2) is 47.4 Å². The second-order valence-electron chi connectivity index (χ2n) is 5.72. The molecule has 0 saturated carbocycles. The molecule has 116 valence electrons. The van der Waals surface area contributed by atoms with Gasteiger partial charge in [0, 0.05) is 44.7 Å². The molecule has 0 spiro atoms. The summed E-state index contributed by atoms with van der Waals surface area (Å²) in [7, 11) is 1.90. The lowest BCUT2D eigenvalue weighted by atomic mass is 9.94. The first-order valence-corrected chi connectivity index (χ1v) is 7.37. The first-order chi connectivity index (χ1) is 9.88. The third-order valence-electron chi connectivity index (χ3n) is 3.68. The van der Waals surface area contributed by atoms with Gasteiger partial charge in [0.25, 0.3) is 0 Å². The highest BCUT2D eigenvalue weighted by Gasteiger charge is 2.30. The minimum atomic E-state index is -0.730. The molecule has 0 bridgehead atoms. The lowest BCUT2D eigenvalue weighted by Crippen LogP contribution is -2.45. The fourth-order valence-electron chi connectivity index (χ4n) is 2.66. The van der Waals surface area contributed by atoms with Crippen molar-refractivity contribution in [2.75, 3.05) is 26.8 Å². The molecule has 1 aliphatic rings. The number of hydrogen-bond acceptors (Lipinski definition) is 4. The molecule has 1 aliphatic heterocycles. The Morgan fingerprint density at radius 3 is 2.71 bits per heavy atom. The molecule has 1 saturated heterocycles. The Morgan fingerprint density at radius 2 is 2.10 bits per heavy atom. The van der Waals surface area contributed by atoms with Gasteiger partial charge in [-0.1, -0.05) is 12.2 Å². The minimum absolute atomic E-state index is 0.182. The topological polar surface area (TPSA) is 58.7 Å². The molecule has 0 radical (unpaired) electrons. The average molecular weight is 312 g/mol. The summed E-state index contributed by atoms with van der Waals surface area (Å²) in [6, 6.07) is 4.58. The maximum Gasteiger partial charge on any atom is 0.124 e. The summed E-state index contributed by atoms with van der Waals surface area (Å²) in [5, 5.41) is 10.5. The quantitative estimate of drug-likeness (QED) is 0.806. The second-order valence-corrected chi connectivity index (χ2v) is 6.16. The van der Waals surface area contributed by atoms with Crippen LogP contribution in [0.15, 0.2) is 18.2 Å². The highest BCUT2D eigenvalue weighted by molar-refractivity contribution is 7.80. The highest BCUT2D eigenvalue weighted by atomic mass is 32.1. The lowest BCUT2D eigenvalue weighted by molar-refractivity contribution is -0.0777. The zero-order valence-corrected chi connectivity index (χ0v) is 13.0. The van der Waals surface area contributed by atoms with Crippen LogP contribution in [0.5, 0.6) is 0 Å². The number of nitrogens with two attached hydrogens (primary N) is 1. The van der Waals surface area contributed by atoms with Crippen molar-refractivity contribution in [3.8, 4) is 0 Å². The van der Waals surface area contributed by atoms with Crippen LogP contribution in [0.4, 0.5) is 4.39 Å². The molecule has 6 heteroatoms. The van der Waals surface area contributed by atoms with Crippen LogP contribution in [0.25, 0.3) is 0 Å². The monoisotopic (exact) mass is 312 g/mol. The van der Waals surface area contributed by atoms with E-state index in [0.29, 0.717) is 44.7 Å². The van der Waals surface area contributed by atoms with Crippen molar-refractivity contribution in [2.24, 2.45) is 5.73 Å². The molecule has 0 aliphatic carbocycles. The normalized spacial score (nSPS) is 17.9. The Kier molecular flexibility index (Phi) is 5.27. The predicted molar refractivity (Wildman–Crippen MR) is 83.6 cm³/mol. The Balaban J connectivity index is 2.02. The molecule has 0 atom stereocenters. The summed E-state index contributed by atoms with van der Waals surface area (Å²) in [5.74, 6) is -0.353. The van der Waals surface area contributed by atoms with Crippen LogP contribution in [-0.2, 0) is 11.3 Å². The minimum Gasteiger partial charge on any atom is -0.389 e. The first kappa shape index (κ1) is 16.3. The van der Waals surface area contributed by atoms with Crippen LogP contribution in [0.1, 0.15) is 24.0 Å². The molecule has 1 fully saturated rings. The summed E-state index contributed by atoms with van der Waals surface area (Å²) in [4.78, 5) is 2.16. The number of benzene rings is 1. The summed E-state index contributed by atoms with van der Waals surface area (Å²) in [5.41, 5.74) is 6.13. The van der Waals surface area contributed by atoms with Gasteiger partial charge in [-0.2, -0.15) is 0 Å². The van der Waals surface area contributed by atoms with Crippen LogP contribution < -0.4 is 5.73 Å². The number of halogens is 1. The molecule has 1 aromatic carbocycles. The van der Waals surface area contributed by atoms with Crippen molar-refractivity contribution in [1.29, 1.82) is 0 Å². The first-order valence-electron chi connectivity index (χ1n) is 6.96. The van der Waals surface area contributed by atoms with E-state index in [-0.39, 0.29) is 10.8 Å². The smallest absolute Gasteiger partial charge is 0.124 e. The van der Waals surface area contributed by atoms with Crippen molar-refractivity contribution >= 4 is 17.2 Å². The third-order valence-corrected chi connectivity index (χ3v) is 3.92. The SMILES string of the molecule is CN(Cc1cc(F)cc(C(N)=S)c1)CC1(O)CCOCC1. The van der Waals surface area contributed by atoms with E-state index in [1.54, 1.807) is 6.07 Å². The number of rotatable bonds is 5. The van der Waals surface area contributed by atoms with Gasteiger partial charge in [0.1, 0.15) is 10.8 Å². The van der Waals surface area contributed by atoms with Gasteiger partial charge in [-0.3, -0.25) is 4.90 Å². The van der Waals surface area contributed by atoms with Gasteiger partial charge in [0.15, 0.2) is 0 Å². The molecule has 0 amide bonds. The average Bonchev–Trinajstić information content (AvgIpc) is 2.37. The van der Waals surface area contributed by atoms with E-state index >= 15 is 0 Å². The maximum atomic E-state index is 13.6. The molecule has 0 unspecified atom stereocenters. The molecule has 21 heavy (non-hydrogen) atoms. The van der Waals surface area contributed by atoms with Crippen molar-refractivity contribution in [2.45, 2.75) is 25.0 Å². The van der Waals surface area contributed by atoms with E-state index in [1.165, 1.54) is 12.1 Å². The summed E-state index contributed by atoms with van der Waals surface area (Å²) < 4.78 is 18.8. The number of likely N-dealkylation sites (N-methyl/N-ethyl adjacent to an activating group) is 1. The zero-order valence-electron chi connectivity index (χ0n) is 12.1. The molecule has 2 rings (SSSR count). The van der Waals surface area contributed by atoms with Gasteiger partial charge in [-0.15, -0.1) is 0 Å². The van der Waals surface area contributed by atoms with Crippen LogP contribution in [0, 0.1) is 5.82 Å². The fraction of sp³-hybridized carbons (Fsp3) is 0.533. The van der Waals surface area contributed by atoms with Crippen LogP contribution in [0.2, 0.25) is 0 Å². The predicted octanol–water partition coefficient (Wildman–Crippen LogP) is 1.43. The van der Waals surface area contributed by atoms with E-state index in [1.807, 2.05) is 11.9 Å². The Morgan fingerprint density at radius 1 is 1.43 bits per heavy atom. The molecule has 0 aromatic heterocycles. The van der Waals surface area contributed by atoms with Crippen molar-refractivity contribution in [1.82, 2.24) is 4.90 Å². The van der Waals surface area contributed by atoms with E-state index in [4.69, 9.17) is 22.7 Å². The van der Waals surface area contributed by atoms with Crippen molar-refractivity contribution in [3.63, 3.8) is 0 Å². The van der Waals surface area contributed by atoms with Gasteiger partial charge in [0.2, 0.25) is 0 Å². The summed E-state index contributed by atoms with van der Waals surface area (Å²) in [6.07, 6.45) is 1.25. The van der Waals surface area contributed by atoms with Gasteiger partial charge in [-0.25, -0.2) is 4.39 Å². The number of hydrogen-bond donors (Lipinski definition) is 2. The Labute approximate surface area is 129 Å². The van der Waals surface area contributed by atoms with Crippen LogP contribution in [0.3, 0.4) is 0 Å².